The molecule has 0 saturated heterocycles. The van der Waals surface area contributed by atoms with Crippen LogP contribution in [-0.2, 0) is 4.79 Å². The zero-order chi connectivity index (χ0) is 18.8. The third-order valence-corrected chi connectivity index (χ3v) is 3.79. The molecule has 7 nitrogen and oxygen atoms in total. The molecule has 1 unspecified atom stereocenters. The van der Waals surface area contributed by atoms with Crippen molar-refractivity contribution in [1.29, 1.82) is 0 Å². The molecule has 0 spiro atoms. The number of carboxylic acids is 1. The second-order valence-electron chi connectivity index (χ2n) is 5.85. The van der Waals surface area contributed by atoms with Crippen LogP contribution in [0.2, 0.25) is 0 Å². The standard InChI is InChI=1S/C18H28N2O5/c1-5-6-11-25-15-8-7-14(12-16(15)24-4)13(2)19-18(23)20(3)10-9-17(21)22/h7-8,12-13H,5-6,9-11H2,1-4H3,(H,19,23)(H,21,22). The van der Waals surface area contributed by atoms with Crippen molar-refractivity contribution < 1.29 is 24.2 Å². The van der Waals surface area contributed by atoms with Crippen LogP contribution >= 0.6 is 0 Å². The molecule has 1 aromatic rings. The number of unbranched alkanes of at least 4 members (excludes halogenated alkanes) is 1. The van der Waals surface area contributed by atoms with Gasteiger partial charge in [-0.2, -0.15) is 0 Å². The van der Waals surface area contributed by atoms with Crippen LogP contribution in [0.5, 0.6) is 11.5 Å². The largest absolute Gasteiger partial charge is 0.493 e. The van der Waals surface area contributed by atoms with E-state index in [4.69, 9.17) is 14.6 Å². The molecule has 0 aromatic heterocycles. The van der Waals surface area contributed by atoms with E-state index in [-0.39, 0.29) is 25.0 Å². The van der Waals surface area contributed by atoms with Gasteiger partial charge in [0, 0.05) is 13.6 Å². The van der Waals surface area contributed by atoms with E-state index in [1.165, 1.54) is 4.90 Å². The fraction of sp³-hybridized carbons (Fsp3) is 0.556. The van der Waals surface area contributed by atoms with Gasteiger partial charge in [-0.3, -0.25) is 4.79 Å². The maximum atomic E-state index is 12.1. The van der Waals surface area contributed by atoms with Crippen LogP contribution in [-0.4, -0.2) is 49.3 Å². The average Bonchev–Trinajstić information content (AvgIpc) is 2.59. The first-order valence-corrected chi connectivity index (χ1v) is 8.43. The number of benzene rings is 1. The predicted molar refractivity (Wildman–Crippen MR) is 95.2 cm³/mol. The molecule has 0 aliphatic carbocycles. The van der Waals surface area contributed by atoms with Gasteiger partial charge in [0.25, 0.3) is 0 Å². The number of hydrogen-bond donors (Lipinski definition) is 2. The van der Waals surface area contributed by atoms with Gasteiger partial charge in [0.15, 0.2) is 11.5 Å². The SMILES string of the molecule is CCCCOc1ccc(C(C)NC(=O)N(C)CCC(=O)O)cc1OC. The zero-order valence-corrected chi connectivity index (χ0v) is 15.4. The van der Waals surface area contributed by atoms with E-state index in [0.717, 1.165) is 18.4 Å². The molecule has 2 N–H and O–H groups in total. The minimum absolute atomic E-state index is 0.0874. The van der Waals surface area contributed by atoms with Crippen LogP contribution in [0, 0.1) is 0 Å². The van der Waals surface area contributed by atoms with Gasteiger partial charge >= 0.3 is 12.0 Å². The highest BCUT2D eigenvalue weighted by atomic mass is 16.5. The predicted octanol–water partition coefficient (Wildman–Crippen LogP) is 3.05. The normalized spacial score (nSPS) is 11.5. The number of hydrogen-bond acceptors (Lipinski definition) is 4. The number of amides is 2. The molecule has 25 heavy (non-hydrogen) atoms. The maximum absolute atomic E-state index is 12.1. The molecule has 1 rings (SSSR count). The summed E-state index contributed by atoms with van der Waals surface area (Å²) in [5.74, 6) is 0.363. The van der Waals surface area contributed by atoms with E-state index in [2.05, 4.69) is 12.2 Å². The van der Waals surface area contributed by atoms with Crippen molar-refractivity contribution >= 4 is 12.0 Å². The lowest BCUT2D eigenvalue weighted by atomic mass is 10.1. The van der Waals surface area contributed by atoms with E-state index in [9.17, 15) is 9.59 Å². The Morgan fingerprint density at radius 3 is 2.64 bits per heavy atom. The number of ether oxygens (including phenoxy) is 2. The molecule has 0 radical (unpaired) electrons. The number of rotatable bonds is 10. The number of carbonyl (C=O) groups excluding carboxylic acids is 1. The Bertz CT molecular complexity index is 577. The lowest BCUT2D eigenvalue weighted by molar-refractivity contribution is -0.137. The Hall–Kier alpha value is -2.44. The molecule has 0 aliphatic rings. The number of nitrogens with zero attached hydrogens (tertiary/aromatic N) is 1. The fourth-order valence-electron chi connectivity index (χ4n) is 2.14. The molecular formula is C18H28N2O5. The van der Waals surface area contributed by atoms with E-state index in [1.807, 2.05) is 25.1 Å². The molecule has 1 aromatic carbocycles. The summed E-state index contributed by atoms with van der Waals surface area (Å²) < 4.78 is 11.1. The monoisotopic (exact) mass is 352 g/mol. The minimum Gasteiger partial charge on any atom is -0.493 e. The summed E-state index contributed by atoms with van der Waals surface area (Å²) in [5, 5.41) is 11.5. The van der Waals surface area contributed by atoms with Gasteiger partial charge in [-0.25, -0.2) is 4.79 Å². The summed E-state index contributed by atoms with van der Waals surface area (Å²) in [4.78, 5) is 24.0. The molecule has 1 atom stereocenters. The van der Waals surface area contributed by atoms with Gasteiger partial charge in [-0.05, 0) is 31.0 Å². The van der Waals surface area contributed by atoms with Crippen LogP contribution in [0.4, 0.5) is 4.79 Å². The summed E-state index contributed by atoms with van der Waals surface area (Å²) in [6, 6.07) is 4.98. The number of nitrogens with one attached hydrogen (secondary N) is 1. The Morgan fingerprint density at radius 1 is 1.32 bits per heavy atom. The quantitative estimate of drug-likeness (QED) is 0.632. The average molecular weight is 352 g/mol. The molecule has 0 saturated carbocycles. The molecular weight excluding hydrogens is 324 g/mol. The molecule has 0 fully saturated rings. The summed E-state index contributed by atoms with van der Waals surface area (Å²) in [6.45, 7) is 4.74. The number of urea groups is 1. The van der Waals surface area contributed by atoms with Gasteiger partial charge < -0.3 is 24.8 Å². The third-order valence-electron chi connectivity index (χ3n) is 3.79. The fourth-order valence-corrected chi connectivity index (χ4v) is 2.14. The van der Waals surface area contributed by atoms with Gasteiger partial charge in [0.1, 0.15) is 0 Å². The van der Waals surface area contributed by atoms with Gasteiger partial charge in [-0.1, -0.05) is 19.4 Å². The first-order valence-electron chi connectivity index (χ1n) is 8.43. The van der Waals surface area contributed by atoms with Gasteiger partial charge in [0.05, 0.1) is 26.2 Å². The van der Waals surface area contributed by atoms with E-state index in [1.54, 1.807) is 14.2 Å². The third kappa shape index (κ3) is 6.91. The zero-order valence-electron chi connectivity index (χ0n) is 15.4. The lowest BCUT2D eigenvalue weighted by Gasteiger charge is -2.22. The van der Waals surface area contributed by atoms with Gasteiger partial charge in [0.2, 0.25) is 0 Å². The highest BCUT2D eigenvalue weighted by molar-refractivity contribution is 5.75. The Kier molecular flexibility index (Phi) is 8.60. The van der Waals surface area contributed by atoms with Crippen LogP contribution in [0.15, 0.2) is 18.2 Å². The number of carboxylic acid groups (broad SMARTS) is 1. The second kappa shape index (κ2) is 10.4. The summed E-state index contributed by atoms with van der Waals surface area (Å²) in [5.41, 5.74) is 0.875. The second-order valence-corrected chi connectivity index (χ2v) is 5.85. The molecule has 0 heterocycles. The highest BCUT2D eigenvalue weighted by Crippen LogP contribution is 2.30. The number of methoxy groups -OCH3 is 1. The smallest absolute Gasteiger partial charge is 0.317 e. The van der Waals surface area contributed by atoms with Crippen molar-refractivity contribution in [3.05, 3.63) is 23.8 Å². The lowest BCUT2D eigenvalue weighted by Crippen LogP contribution is -2.39. The van der Waals surface area contributed by atoms with E-state index < -0.39 is 5.97 Å². The maximum Gasteiger partial charge on any atom is 0.317 e. The molecule has 0 aliphatic heterocycles. The van der Waals surface area contributed by atoms with Crippen LogP contribution < -0.4 is 14.8 Å². The van der Waals surface area contributed by atoms with E-state index >= 15 is 0 Å². The van der Waals surface area contributed by atoms with Crippen molar-refractivity contribution in [2.75, 3.05) is 27.3 Å². The number of aliphatic carboxylic acids is 1. The van der Waals surface area contributed by atoms with Crippen molar-refractivity contribution in [2.24, 2.45) is 0 Å². The van der Waals surface area contributed by atoms with Crippen molar-refractivity contribution in [2.45, 2.75) is 39.2 Å². The van der Waals surface area contributed by atoms with Crippen molar-refractivity contribution in [3.63, 3.8) is 0 Å². The highest BCUT2D eigenvalue weighted by Gasteiger charge is 2.16. The van der Waals surface area contributed by atoms with Crippen molar-refractivity contribution in [1.82, 2.24) is 10.2 Å². The Labute approximate surface area is 148 Å². The Morgan fingerprint density at radius 2 is 2.04 bits per heavy atom. The van der Waals surface area contributed by atoms with Crippen LogP contribution in [0.3, 0.4) is 0 Å². The number of carbonyl (C=O) groups is 2. The van der Waals surface area contributed by atoms with Crippen LogP contribution in [0.25, 0.3) is 0 Å². The first-order chi connectivity index (χ1) is 11.9. The minimum atomic E-state index is -0.934. The summed E-state index contributed by atoms with van der Waals surface area (Å²) in [6.07, 6.45) is 1.94. The van der Waals surface area contributed by atoms with E-state index in [0.29, 0.717) is 18.1 Å². The van der Waals surface area contributed by atoms with Gasteiger partial charge in [-0.15, -0.1) is 0 Å². The summed E-state index contributed by atoms with van der Waals surface area (Å²) >= 11 is 0. The van der Waals surface area contributed by atoms with Crippen molar-refractivity contribution in [3.8, 4) is 11.5 Å². The molecule has 0 bridgehead atoms. The molecule has 7 heteroatoms. The van der Waals surface area contributed by atoms with Crippen LogP contribution in [0.1, 0.15) is 44.7 Å². The first kappa shape index (κ1) is 20.6. The Balaban J connectivity index is 2.69. The molecule has 140 valence electrons. The molecule has 2 amide bonds. The summed E-state index contributed by atoms with van der Waals surface area (Å²) in [7, 11) is 3.14. The topological polar surface area (TPSA) is 88.1 Å².